The fourth-order valence-corrected chi connectivity index (χ4v) is 5.40. The molecule has 1 aliphatic carbocycles. The molecule has 1 fully saturated rings. The van der Waals surface area contributed by atoms with Gasteiger partial charge in [-0.2, -0.15) is 0 Å². The molecule has 8 nitrogen and oxygen atoms in total. The van der Waals surface area contributed by atoms with Crippen molar-refractivity contribution in [3.63, 3.8) is 0 Å². The molecule has 10 heteroatoms. The number of nitrogens with one attached hydrogen (secondary N) is 1. The van der Waals surface area contributed by atoms with E-state index >= 15 is 0 Å². The van der Waals surface area contributed by atoms with Crippen LogP contribution in [0.4, 0.5) is 5.69 Å². The monoisotopic (exact) mass is 549 g/mol. The maximum atomic E-state index is 13.6. The third-order valence-corrected chi connectivity index (χ3v) is 7.89. The Morgan fingerprint density at radius 2 is 1.68 bits per heavy atom. The second-order valence-corrected chi connectivity index (χ2v) is 11.7. The highest BCUT2D eigenvalue weighted by atomic mass is 35.5. The summed E-state index contributed by atoms with van der Waals surface area (Å²) in [5, 5.41) is 3.64. The molecule has 1 N–H and O–H groups in total. The van der Waals surface area contributed by atoms with E-state index in [2.05, 4.69) is 5.32 Å². The van der Waals surface area contributed by atoms with Crippen LogP contribution in [0, 0.1) is 0 Å². The summed E-state index contributed by atoms with van der Waals surface area (Å²) >= 11 is 6.02. The number of carbonyl (C=O) groups is 2. The number of hydrogen-bond donors (Lipinski definition) is 1. The maximum Gasteiger partial charge on any atom is 0.244 e. The second kappa shape index (κ2) is 13.1. The normalized spacial score (nSPS) is 15.0. The van der Waals surface area contributed by atoms with Crippen LogP contribution in [0.15, 0.2) is 48.5 Å². The third kappa shape index (κ3) is 8.36. The van der Waals surface area contributed by atoms with Gasteiger partial charge in [0.15, 0.2) is 0 Å². The molecular weight excluding hydrogens is 514 g/mol. The molecule has 1 saturated carbocycles. The zero-order valence-corrected chi connectivity index (χ0v) is 23.2. The molecule has 202 valence electrons. The zero-order valence-electron chi connectivity index (χ0n) is 21.7. The fraction of sp³-hybridized carbons (Fsp3) is 0.481. The summed E-state index contributed by atoms with van der Waals surface area (Å²) in [6, 6.07) is 12.8. The highest BCUT2D eigenvalue weighted by Crippen LogP contribution is 2.23. The quantitative estimate of drug-likeness (QED) is 0.449. The van der Waals surface area contributed by atoms with Crippen LogP contribution in [-0.2, 0) is 26.2 Å². The third-order valence-electron chi connectivity index (χ3n) is 6.50. The van der Waals surface area contributed by atoms with Gasteiger partial charge in [-0.3, -0.25) is 13.9 Å². The van der Waals surface area contributed by atoms with Crippen molar-refractivity contribution in [2.45, 2.75) is 64.6 Å². The lowest BCUT2D eigenvalue weighted by Gasteiger charge is -2.33. The first-order chi connectivity index (χ1) is 17.6. The van der Waals surface area contributed by atoms with Crippen LogP contribution >= 0.6 is 11.6 Å². The van der Waals surface area contributed by atoms with Gasteiger partial charge in [-0.1, -0.05) is 43.0 Å². The van der Waals surface area contributed by atoms with E-state index in [1.165, 1.54) is 4.90 Å². The number of hydrogen-bond acceptors (Lipinski definition) is 5. The van der Waals surface area contributed by atoms with Gasteiger partial charge in [0, 0.05) is 17.6 Å². The topological polar surface area (TPSA) is 96.0 Å². The summed E-state index contributed by atoms with van der Waals surface area (Å²) < 4.78 is 31.9. The number of anilines is 1. The van der Waals surface area contributed by atoms with Gasteiger partial charge in [0.2, 0.25) is 21.8 Å². The van der Waals surface area contributed by atoms with E-state index in [1.54, 1.807) is 55.5 Å². The molecule has 3 rings (SSSR count). The van der Waals surface area contributed by atoms with Gasteiger partial charge in [-0.15, -0.1) is 0 Å². The molecule has 2 aromatic rings. The first-order valence-corrected chi connectivity index (χ1v) is 14.9. The first kappa shape index (κ1) is 28.8. The van der Waals surface area contributed by atoms with Crippen molar-refractivity contribution >= 4 is 39.1 Å². The molecule has 0 saturated heterocycles. The molecule has 0 spiro atoms. The minimum absolute atomic E-state index is 0.0903. The first-order valence-electron chi connectivity index (χ1n) is 12.6. The van der Waals surface area contributed by atoms with Crippen LogP contribution in [0.5, 0.6) is 5.75 Å². The van der Waals surface area contributed by atoms with Crippen LogP contribution < -0.4 is 14.4 Å². The highest BCUT2D eigenvalue weighted by Gasteiger charge is 2.31. The standard InChI is InChI=1S/C27H36ClN3O5S/c1-4-36-25-16-14-24(15-17-25)31(37(3,34)35)19-26(32)30(18-21-10-12-22(28)13-11-21)20(2)27(33)29-23-8-6-5-7-9-23/h10-17,20,23H,4-9,18-19H2,1-3H3,(H,29,33)/t20-/m1/s1. The van der Waals surface area contributed by atoms with Crippen molar-refractivity contribution in [2.75, 3.05) is 23.7 Å². The van der Waals surface area contributed by atoms with E-state index < -0.39 is 28.5 Å². The number of amides is 2. The molecule has 0 heterocycles. The van der Waals surface area contributed by atoms with Gasteiger partial charge in [-0.25, -0.2) is 8.42 Å². The summed E-state index contributed by atoms with van der Waals surface area (Å²) in [7, 11) is -3.79. The van der Waals surface area contributed by atoms with Crippen molar-refractivity contribution in [3.05, 3.63) is 59.1 Å². The largest absolute Gasteiger partial charge is 0.494 e. The van der Waals surface area contributed by atoms with Crippen molar-refractivity contribution in [2.24, 2.45) is 0 Å². The Morgan fingerprint density at radius 1 is 1.05 bits per heavy atom. The maximum absolute atomic E-state index is 13.6. The number of ether oxygens (including phenoxy) is 1. The van der Waals surface area contributed by atoms with E-state index in [-0.39, 0.29) is 18.5 Å². The Morgan fingerprint density at radius 3 is 2.24 bits per heavy atom. The Balaban J connectivity index is 1.84. The molecule has 0 unspecified atom stereocenters. The molecule has 0 bridgehead atoms. The summed E-state index contributed by atoms with van der Waals surface area (Å²) in [6.45, 7) is 3.70. The van der Waals surface area contributed by atoms with E-state index in [0.29, 0.717) is 23.1 Å². The molecule has 0 aromatic heterocycles. The Hall–Kier alpha value is -2.78. The van der Waals surface area contributed by atoms with Crippen LogP contribution in [0.2, 0.25) is 5.02 Å². The van der Waals surface area contributed by atoms with Gasteiger partial charge < -0.3 is 15.0 Å². The smallest absolute Gasteiger partial charge is 0.244 e. The molecule has 2 amide bonds. The van der Waals surface area contributed by atoms with Crippen LogP contribution in [0.3, 0.4) is 0 Å². The van der Waals surface area contributed by atoms with Crippen molar-refractivity contribution in [1.82, 2.24) is 10.2 Å². The average Bonchev–Trinajstić information content (AvgIpc) is 2.87. The Bertz CT molecular complexity index is 1150. The number of carbonyl (C=O) groups excluding carboxylic acids is 2. The van der Waals surface area contributed by atoms with Crippen molar-refractivity contribution in [1.29, 1.82) is 0 Å². The van der Waals surface area contributed by atoms with Gasteiger partial charge in [0.1, 0.15) is 18.3 Å². The molecule has 2 aromatic carbocycles. The minimum Gasteiger partial charge on any atom is -0.494 e. The molecule has 0 aliphatic heterocycles. The highest BCUT2D eigenvalue weighted by molar-refractivity contribution is 7.92. The Labute approximate surface area is 225 Å². The number of halogens is 1. The van der Waals surface area contributed by atoms with Crippen LogP contribution in [0.25, 0.3) is 0 Å². The van der Waals surface area contributed by atoms with Crippen molar-refractivity contribution < 1.29 is 22.7 Å². The van der Waals surface area contributed by atoms with E-state index in [9.17, 15) is 18.0 Å². The second-order valence-electron chi connectivity index (χ2n) is 9.36. The number of sulfonamides is 1. The molecule has 1 atom stereocenters. The number of rotatable bonds is 11. The molecule has 0 radical (unpaired) electrons. The van der Waals surface area contributed by atoms with Gasteiger partial charge in [-0.05, 0) is 68.7 Å². The van der Waals surface area contributed by atoms with Gasteiger partial charge in [0.25, 0.3) is 0 Å². The lowest BCUT2D eigenvalue weighted by atomic mass is 9.95. The SMILES string of the molecule is CCOc1ccc(N(CC(=O)N(Cc2ccc(Cl)cc2)[C@H](C)C(=O)NC2CCCCC2)S(C)(=O)=O)cc1. The van der Waals surface area contributed by atoms with E-state index in [0.717, 1.165) is 48.2 Å². The zero-order chi connectivity index (χ0) is 27.0. The van der Waals surface area contributed by atoms with Crippen LogP contribution in [-0.4, -0.2) is 56.6 Å². The predicted octanol–water partition coefficient (Wildman–Crippen LogP) is 4.37. The summed E-state index contributed by atoms with van der Waals surface area (Å²) in [5.41, 5.74) is 1.12. The minimum atomic E-state index is -3.79. The van der Waals surface area contributed by atoms with Crippen molar-refractivity contribution in [3.8, 4) is 5.75 Å². The van der Waals surface area contributed by atoms with Gasteiger partial charge in [0.05, 0.1) is 18.6 Å². The van der Waals surface area contributed by atoms with Crippen LogP contribution in [0.1, 0.15) is 51.5 Å². The summed E-state index contributed by atoms with van der Waals surface area (Å²) in [6.07, 6.45) is 6.19. The molecule has 37 heavy (non-hydrogen) atoms. The molecule has 1 aliphatic rings. The summed E-state index contributed by atoms with van der Waals surface area (Å²) in [4.78, 5) is 28.2. The lowest BCUT2D eigenvalue weighted by Crippen LogP contribution is -2.52. The fourth-order valence-electron chi connectivity index (χ4n) is 4.43. The average molecular weight is 550 g/mol. The summed E-state index contributed by atoms with van der Waals surface area (Å²) in [5.74, 6) is -0.134. The van der Waals surface area contributed by atoms with E-state index in [4.69, 9.17) is 16.3 Å². The Kier molecular flexibility index (Phi) is 10.2. The molecular formula is C27H36ClN3O5S. The van der Waals surface area contributed by atoms with E-state index in [1.807, 2.05) is 6.92 Å². The predicted molar refractivity (Wildman–Crippen MR) is 146 cm³/mol. The van der Waals surface area contributed by atoms with Gasteiger partial charge >= 0.3 is 0 Å². The lowest BCUT2D eigenvalue weighted by molar-refractivity contribution is -0.139. The number of benzene rings is 2. The number of nitrogens with zero attached hydrogens (tertiary/aromatic N) is 2.